The van der Waals surface area contributed by atoms with Crippen LogP contribution in [-0.4, -0.2) is 36.7 Å². The summed E-state index contributed by atoms with van der Waals surface area (Å²) in [6, 6.07) is 7.07. The highest BCUT2D eigenvalue weighted by Gasteiger charge is 2.43. The predicted octanol–water partition coefficient (Wildman–Crippen LogP) is 0.894. The molecular formula is C18H18N6O3. The topological polar surface area (TPSA) is 102 Å². The second kappa shape index (κ2) is 5.76. The summed E-state index contributed by atoms with van der Waals surface area (Å²) in [7, 11) is 1.69. The number of amides is 2. The Morgan fingerprint density at radius 2 is 1.96 bits per heavy atom. The van der Waals surface area contributed by atoms with E-state index in [9.17, 15) is 14.4 Å². The van der Waals surface area contributed by atoms with E-state index in [0.717, 1.165) is 0 Å². The van der Waals surface area contributed by atoms with Gasteiger partial charge in [-0.3, -0.25) is 28.5 Å². The molecule has 0 saturated heterocycles. The molecule has 0 saturated carbocycles. The minimum atomic E-state index is -1.10. The minimum Gasteiger partial charge on any atom is -0.322 e. The SMILES string of the molecule is Cn1ncc2c(=O)n(CC(=O)N3c4ccccc4NC(=O)C3(C)C)cnc21. The van der Waals surface area contributed by atoms with Gasteiger partial charge in [-0.1, -0.05) is 12.1 Å². The number of rotatable bonds is 2. The molecule has 138 valence electrons. The smallest absolute Gasteiger partial charge is 0.264 e. The fourth-order valence-corrected chi connectivity index (χ4v) is 3.29. The number of carbonyl (C=O) groups is 2. The third kappa shape index (κ3) is 2.50. The average Bonchev–Trinajstić information content (AvgIpc) is 3.00. The monoisotopic (exact) mass is 366 g/mol. The van der Waals surface area contributed by atoms with Crippen molar-refractivity contribution in [2.24, 2.45) is 7.05 Å². The average molecular weight is 366 g/mol. The van der Waals surface area contributed by atoms with Crippen molar-refractivity contribution in [1.82, 2.24) is 19.3 Å². The second-order valence-electron chi connectivity index (χ2n) is 6.94. The number of nitrogens with one attached hydrogen (secondary N) is 1. The lowest BCUT2D eigenvalue weighted by molar-refractivity contribution is -0.126. The lowest BCUT2D eigenvalue weighted by atomic mass is 9.96. The van der Waals surface area contributed by atoms with Crippen LogP contribution in [0.3, 0.4) is 0 Å². The van der Waals surface area contributed by atoms with Crippen LogP contribution in [-0.2, 0) is 23.2 Å². The highest BCUT2D eigenvalue weighted by Crippen LogP contribution is 2.36. The molecule has 9 heteroatoms. The van der Waals surface area contributed by atoms with Crippen molar-refractivity contribution in [3.8, 4) is 0 Å². The summed E-state index contributed by atoms with van der Waals surface area (Å²) in [4.78, 5) is 43.9. The van der Waals surface area contributed by atoms with E-state index in [2.05, 4.69) is 15.4 Å². The maximum Gasteiger partial charge on any atom is 0.264 e. The van der Waals surface area contributed by atoms with Gasteiger partial charge in [-0.25, -0.2) is 4.98 Å². The van der Waals surface area contributed by atoms with Gasteiger partial charge in [0.25, 0.3) is 5.56 Å². The van der Waals surface area contributed by atoms with Crippen molar-refractivity contribution in [2.75, 3.05) is 10.2 Å². The van der Waals surface area contributed by atoms with Gasteiger partial charge >= 0.3 is 0 Å². The number of para-hydroxylation sites is 2. The molecule has 0 fully saturated rings. The molecule has 4 rings (SSSR count). The predicted molar refractivity (Wildman–Crippen MR) is 99.4 cm³/mol. The Balaban J connectivity index is 1.75. The highest BCUT2D eigenvalue weighted by atomic mass is 16.2. The fraction of sp³-hybridized carbons (Fsp3) is 0.278. The zero-order chi connectivity index (χ0) is 19.3. The van der Waals surface area contributed by atoms with Crippen LogP contribution >= 0.6 is 0 Å². The quantitative estimate of drug-likeness (QED) is 0.726. The first-order chi connectivity index (χ1) is 12.8. The van der Waals surface area contributed by atoms with Crippen LogP contribution in [0.4, 0.5) is 11.4 Å². The third-order valence-corrected chi connectivity index (χ3v) is 4.78. The second-order valence-corrected chi connectivity index (χ2v) is 6.94. The van der Waals surface area contributed by atoms with Crippen molar-refractivity contribution < 1.29 is 9.59 Å². The summed E-state index contributed by atoms with van der Waals surface area (Å²) in [6.07, 6.45) is 2.76. The van der Waals surface area contributed by atoms with Crippen LogP contribution in [0, 0.1) is 0 Å². The first-order valence-electron chi connectivity index (χ1n) is 8.41. The summed E-state index contributed by atoms with van der Waals surface area (Å²) < 4.78 is 2.73. The number of aromatic nitrogens is 4. The number of nitrogens with zero attached hydrogens (tertiary/aromatic N) is 5. The van der Waals surface area contributed by atoms with Crippen LogP contribution in [0.25, 0.3) is 11.0 Å². The molecule has 0 aliphatic carbocycles. The summed E-state index contributed by atoms with van der Waals surface area (Å²) in [5.74, 6) is -0.669. The Morgan fingerprint density at radius 1 is 1.22 bits per heavy atom. The lowest BCUT2D eigenvalue weighted by Crippen LogP contribution is -2.59. The molecule has 0 unspecified atom stereocenters. The summed E-state index contributed by atoms with van der Waals surface area (Å²) in [6.45, 7) is 3.10. The van der Waals surface area contributed by atoms with Gasteiger partial charge in [-0.05, 0) is 26.0 Å². The van der Waals surface area contributed by atoms with Gasteiger partial charge in [0.1, 0.15) is 23.8 Å². The van der Waals surface area contributed by atoms with Crippen molar-refractivity contribution in [1.29, 1.82) is 0 Å². The number of hydrogen-bond acceptors (Lipinski definition) is 5. The van der Waals surface area contributed by atoms with Crippen molar-refractivity contribution in [3.05, 3.63) is 47.1 Å². The molecule has 1 aliphatic rings. The van der Waals surface area contributed by atoms with E-state index in [4.69, 9.17) is 0 Å². The molecule has 0 spiro atoms. The van der Waals surface area contributed by atoms with Crippen LogP contribution in [0.1, 0.15) is 13.8 Å². The summed E-state index contributed by atoms with van der Waals surface area (Å²) in [5.41, 5.74) is 0.153. The van der Waals surface area contributed by atoms with Gasteiger partial charge in [0.15, 0.2) is 5.65 Å². The zero-order valence-corrected chi connectivity index (χ0v) is 15.1. The number of anilines is 2. The molecule has 2 amide bonds. The maximum absolute atomic E-state index is 13.1. The summed E-state index contributed by atoms with van der Waals surface area (Å²) in [5, 5.41) is 7.17. The van der Waals surface area contributed by atoms with E-state index in [1.807, 2.05) is 0 Å². The van der Waals surface area contributed by atoms with E-state index in [0.29, 0.717) is 22.4 Å². The number of aryl methyl sites for hydroxylation is 1. The number of fused-ring (bicyclic) bond motifs is 2. The van der Waals surface area contributed by atoms with Crippen molar-refractivity contribution in [3.63, 3.8) is 0 Å². The van der Waals surface area contributed by atoms with Crippen LogP contribution in [0.15, 0.2) is 41.6 Å². The minimum absolute atomic E-state index is 0.234. The third-order valence-electron chi connectivity index (χ3n) is 4.78. The Kier molecular flexibility index (Phi) is 3.62. The molecule has 27 heavy (non-hydrogen) atoms. The molecule has 2 aromatic heterocycles. The normalized spacial score (nSPS) is 15.5. The summed E-state index contributed by atoms with van der Waals surface area (Å²) >= 11 is 0. The van der Waals surface area contributed by atoms with E-state index < -0.39 is 5.54 Å². The van der Waals surface area contributed by atoms with Gasteiger partial charge in [-0.15, -0.1) is 0 Å². The molecule has 1 aromatic carbocycles. The zero-order valence-electron chi connectivity index (χ0n) is 15.1. The van der Waals surface area contributed by atoms with Crippen molar-refractivity contribution >= 4 is 34.2 Å². The van der Waals surface area contributed by atoms with Crippen LogP contribution in [0.5, 0.6) is 0 Å². The molecule has 3 heterocycles. The number of carbonyl (C=O) groups excluding carboxylic acids is 2. The Hall–Kier alpha value is -3.49. The van der Waals surface area contributed by atoms with Crippen molar-refractivity contribution in [2.45, 2.75) is 25.9 Å². The van der Waals surface area contributed by atoms with Gasteiger partial charge in [0.05, 0.1) is 17.6 Å². The molecule has 1 N–H and O–H groups in total. The molecule has 9 nitrogen and oxygen atoms in total. The fourth-order valence-electron chi connectivity index (χ4n) is 3.29. The standard InChI is InChI=1S/C18H18N6O3/c1-18(2)17(27)21-12-6-4-5-7-13(12)24(18)14(25)9-23-10-19-15-11(16(23)26)8-20-22(15)3/h4-8,10H,9H2,1-3H3,(H,21,27). The molecule has 0 radical (unpaired) electrons. The van der Waals surface area contributed by atoms with E-state index in [-0.39, 0.29) is 23.9 Å². The lowest BCUT2D eigenvalue weighted by Gasteiger charge is -2.42. The van der Waals surface area contributed by atoms with E-state index >= 15 is 0 Å². The molecule has 0 bridgehead atoms. The van der Waals surface area contributed by atoms with Gasteiger partial charge < -0.3 is 5.32 Å². The molecule has 1 aliphatic heterocycles. The highest BCUT2D eigenvalue weighted by molar-refractivity contribution is 6.14. The first kappa shape index (κ1) is 17.0. The Bertz CT molecular complexity index is 1140. The maximum atomic E-state index is 13.1. The molecular weight excluding hydrogens is 348 g/mol. The first-order valence-corrected chi connectivity index (χ1v) is 8.41. The van der Waals surface area contributed by atoms with Gasteiger partial charge in [0, 0.05) is 7.05 Å². The van der Waals surface area contributed by atoms with Crippen LogP contribution in [0.2, 0.25) is 0 Å². The van der Waals surface area contributed by atoms with Crippen LogP contribution < -0.4 is 15.8 Å². The van der Waals surface area contributed by atoms with Gasteiger partial charge in [-0.2, -0.15) is 5.10 Å². The number of benzene rings is 1. The Labute approximate surface area is 154 Å². The van der Waals surface area contributed by atoms with Gasteiger partial charge in [0.2, 0.25) is 11.8 Å². The number of hydrogen-bond donors (Lipinski definition) is 1. The molecule has 3 aromatic rings. The van der Waals surface area contributed by atoms with E-state index in [1.54, 1.807) is 45.2 Å². The Morgan fingerprint density at radius 3 is 2.74 bits per heavy atom. The van der Waals surface area contributed by atoms with E-state index in [1.165, 1.54) is 26.7 Å². The molecule has 0 atom stereocenters. The largest absolute Gasteiger partial charge is 0.322 e.